The molecule has 3 aliphatic rings. The average molecular weight is 345 g/mol. The highest BCUT2D eigenvalue weighted by Gasteiger charge is 2.42. The van der Waals surface area contributed by atoms with Gasteiger partial charge in [0.1, 0.15) is 0 Å². The third kappa shape index (κ3) is 3.09. The number of nitrogens with zero attached hydrogens (tertiary/aromatic N) is 3. The highest BCUT2D eigenvalue weighted by molar-refractivity contribution is 5.95. The molecule has 3 atom stereocenters. The molecule has 3 aliphatic heterocycles. The van der Waals surface area contributed by atoms with Crippen molar-refractivity contribution in [3.63, 3.8) is 0 Å². The minimum absolute atomic E-state index is 0.107. The first-order valence-electron chi connectivity index (χ1n) is 9.08. The zero-order valence-electron chi connectivity index (χ0n) is 15.3. The predicted molar refractivity (Wildman–Crippen MR) is 95.1 cm³/mol. The van der Waals surface area contributed by atoms with Crippen LogP contribution in [0.15, 0.2) is 18.2 Å². The van der Waals surface area contributed by atoms with Gasteiger partial charge in [-0.1, -0.05) is 0 Å². The Labute approximate surface area is 149 Å². The lowest BCUT2D eigenvalue weighted by atomic mass is 9.91. The number of carbonyl (C=O) groups is 1. The van der Waals surface area contributed by atoms with Crippen molar-refractivity contribution in [1.29, 1.82) is 0 Å². The summed E-state index contributed by atoms with van der Waals surface area (Å²) in [7, 11) is 6.50. The van der Waals surface area contributed by atoms with Crippen LogP contribution in [0.4, 0.5) is 0 Å². The number of piperidine rings is 1. The van der Waals surface area contributed by atoms with Crippen LogP contribution in [0.1, 0.15) is 23.2 Å². The van der Waals surface area contributed by atoms with Gasteiger partial charge in [0.05, 0.1) is 0 Å². The molecule has 0 unspecified atom stereocenters. The van der Waals surface area contributed by atoms with E-state index in [-0.39, 0.29) is 12.7 Å². The number of hydrogen-bond donors (Lipinski definition) is 0. The van der Waals surface area contributed by atoms with E-state index in [0.717, 1.165) is 31.8 Å². The normalized spacial score (nSPS) is 28.5. The van der Waals surface area contributed by atoms with Crippen molar-refractivity contribution in [2.24, 2.45) is 5.92 Å². The number of rotatable bonds is 3. The van der Waals surface area contributed by atoms with Crippen molar-refractivity contribution in [3.8, 4) is 11.5 Å². The van der Waals surface area contributed by atoms with Gasteiger partial charge in [-0.3, -0.25) is 9.69 Å². The SMILES string of the molecule is CN(C)C[C@@H]1C[C@@H]2CN(C(=O)c3ccc4c(c3)OCO4)CC[C@@H]2N1C. The maximum absolute atomic E-state index is 12.9. The summed E-state index contributed by atoms with van der Waals surface area (Å²) >= 11 is 0. The number of fused-ring (bicyclic) bond motifs is 2. The molecular weight excluding hydrogens is 318 g/mol. The second-order valence-electron chi connectivity index (χ2n) is 7.75. The minimum Gasteiger partial charge on any atom is -0.454 e. The average Bonchev–Trinajstić information content (AvgIpc) is 3.18. The monoisotopic (exact) mass is 345 g/mol. The van der Waals surface area contributed by atoms with E-state index in [9.17, 15) is 4.79 Å². The topological polar surface area (TPSA) is 45.3 Å². The van der Waals surface area contributed by atoms with Gasteiger partial charge in [-0.2, -0.15) is 0 Å². The highest BCUT2D eigenvalue weighted by Crippen LogP contribution is 2.36. The van der Waals surface area contributed by atoms with Gasteiger partial charge in [0.2, 0.25) is 6.79 Å². The van der Waals surface area contributed by atoms with E-state index in [1.165, 1.54) is 6.42 Å². The largest absolute Gasteiger partial charge is 0.454 e. The number of carbonyl (C=O) groups excluding carboxylic acids is 1. The lowest BCUT2D eigenvalue weighted by Crippen LogP contribution is -2.48. The van der Waals surface area contributed by atoms with Crippen LogP contribution in [-0.4, -0.2) is 80.3 Å². The van der Waals surface area contributed by atoms with Crippen LogP contribution in [0.3, 0.4) is 0 Å². The summed E-state index contributed by atoms with van der Waals surface area (Å²) in [6.45, 7) is 3.00. The zero-order chi connectivity index (χ0) is 17.6. The maximum Gasteiger partial charge on any atom is 0.254 e. The molecule has 0 spiro atoms. The maximum atomic E-state index is 12.9. The second kappa shape index (κ2) is 6.50. The van der Waals surface area contributed by atoms with E-state index >= 15 is 0 Å². The number of likely N-dealkylation sites (N-methyl/N-ethyl adjacent to an activating group) is 2. The van der Waals surface area contributed by atoms with Crippen molar-refractivity contribution >= 4 is 5.91 Å². The molecular formula is C19H27N3O3. The summed E-state index contributed by atoms with van der Waals surface area (Å²) in [5.74, 6) is 2.07. The molecule has 0 N–H and O–H groups in total. The number of benzene rings is 1. The van der Waals surface area contributed by atoms with Crippen LogP contribution >= 0.6 is 0 Å². The van der Waals surface area contributed by atoms with Crippen LogP contribution in [0, 0.1) is 5.92 Å². The molecule has 6 nitrogen and oxygen atoms in total. The van der Waals surface area contributed by atoms with Gasteiger partial charge in [0.15, 0.2) is 11.5 Å². The van der Waals surface area contributed by atoms with Crippen LogP contribution in [0.25, 0.3) is 0 Å². The Balaban J connectivity index is 1.44. The van der Waals surface area contributed by atoms with E-state index in [0.29, 0.717) is 29.3 Å². The van der Waals surface area contributed by atoms with Gasteiger partial charge >= 0.3 is 0 Å². The molecule has 136 valence electrons. The Bertz CT molecular complexity index is 663. The molecule has 1 aromatic carbocycles. The van der Waals surface area contributed by atoms with Gasteiger partial charge in [0.25, 0.3) is 5.91 Å². The van der Waals surface area contributed by atoms with Gasteiger partial charge < -0.3 is 19.3 Å². The molecule has 6 heteroatoms. The number of hydrogen-bond acceptors (Lipinski definition) is 5. The Morgan fingerprint density at radius 3 is 2.88 bits per heavy atom. The van der Waals surface area contributed by atoms with Gasteiger partial charge in [-0.05, 0) is 58.1 Å². The molecule has 2 fully saturated rings. The van der Waals surface area contributed by atoms with Crippen molar-refractivity contribution in [1.82, 2.24) is 14.7 Å². The minimum atomic E-state index is 0.107. The van der Waals surface area contributed by atoms with Crippen LogP contribution < -0.4 is 9.47 Å². The molecule has 1 aromatic rings. The van der Waals surface area contributed by atoms with Crippen molar-refractivity contribution in [3.05, 3.63) is 23.8 Å². The van der Waals surface area contributed by atoms with E-state index < -0.39 is 0 Å². The standard InChI is InChI=1S/C19H27N3O3/c1-20(2)11-15-8-14-10-22(7-6-16(14)21(15)3)19(23)13-4-5-17-18(9-13)25-12-24-17/h4-5,9,14-16H,6-8,10-12H2,1-3H3/t14-,15+,16+/m1/s1. The van der Waals surface area contributed by atoms with Crippen molar-refractivity contribution < 1.29 is 14.3 Å². The third-order valence-corrected chi connectivity index (χ3v) is 5.85. The zero-order valence-corrected chi connectivity index (χ0v) is 15.3. The van der Waals surface area contributed by atoms with Crippen LogP contribution in [0.5, 0.6) is 11.5 Å². The number of ether oxygens (including phenoxy) is 2. The third-order valence-electron chi connectivity index (χ3n) is 5.85. The quantitative estimate of drug-likeness (QED) is 0.831. The predicted octanol–water partition coefficient (Wildman–Crippen LogP) is 1.51. The van der Waals surface area contributed by atoms with E-state index in [1.807, 2.05) is 23.1 Å². The fourth-order valence-electron chi connectivity index (χ4n) is 4.60. The summed E-state index contributed by atoms with van der Waals surface area (Å²) in [4.78, 5) is 19.7. The lowest BCUT2D eigenvalue weighted by Gasteiger charge is -2.37. The summed E-state index contributed by atoms with van der Waals surface area (Å²) in [6.07, 6.45) is 2.23. The number of likely N-dealkylation sites (tertiary alicyclic amines) is 2. The Hall–Kier alpha value is -1.79. The van der Waals surface area contributed by atoms with E-state index in [2.05, 4.69) is 30.9 Å². The smallest absolute Gasteiger partial charge is 0.254 e. The van der Waals surface area contributed by atoms with Crippen LogP contribution in [0.2, 0.25) is 0 Å². The summed E-state index contributed by atoms with van der Waals surface area (Å²) in [5.41, 5.74) is 0.693. The molecule has 3 heterocycles. The first kappa shape index (κ1) is 16.7. The first-order chi connectivity index (χ1) is 12.0. The van der Waals surface area contributed by atoms with E-state index in [4.69, 9.17) is 9.47 Å². The van der Waals surface area contributed by atoms with E-state index in [1.54, 1.807) is 0 Å². The fraction of sp³-hybridized carbons (Fsp3) is 0.632. The lowest BCUT2D eigenvalue weighted by molar-refractivity contribution is 0.0606. The molecule has 25 heavy (non-hydrogen) atoms. The molecule has 2 saturated heterocycles. The van der Waals surface area contributed by atoms with Crippen molar-refractivity contribution in [2.45, 2.75) is 24.9 Å². The highest BCUT2D eigenvalue weighted by atomic mass is 16.7. The Morgan fingerprint density at radius 2 is 2.08 bits per heavy atom. The Morgan fingerprint density at radius 1 is 1.28 bits per heavy atom. The van der Waals surface area contributed by atoms with Gasteiger partial charge in [-0.25, -0.2) is 0 Å². The van der Waals surface area contributed by atoms with Crippen molar-refractivity contribution in [2.75, 3.05) is 47.6 Å². The molecule has 0 aliphatic carbocycles. The number of amides is 1. The molecule has 0 bridgehead atoms. The summed E-state index contributed by atoms with van der Waals surface area (Å²) < 4.78 is 10.7. The second-order valence-corrected chi connectivity index (χ2v) is 7.75. The first-order valence-corrected chi connectivity index (χ1v) is 9.08. The van der Waals surface area contributed by atoms with Gasteiger partial charge in [0, 0.05) is 37.3 Å². The Kier molecular flexibility index (Phi) is 4.33. The summed E-state index contributed by atoms with van der Waals surface area (Å²) in [5, 5.41) is 0. The molecule has 0 saturated carbocycles. The fourth-order valence-corrected chi connectivity index (χ4v) is 4.60. The van der Waals surface area contributed by atoms with Crippen LogP contribution in [-0.2, 0) is 0 Å². The molecule has 4 rings (SSSR count). The molecule has 1 amide bonds. The van der Waals surface area contributed by atoms with Gasteiger partial charge in [-0.15, -0.1) is 0 Å². The molecule has 0 radical (unpaired) electrons. The summed E-state index contributed by atoms with van der Waals surface area (Å²) in [6, 6.07) is 6.68. The molecule has 0 aromatic heterocycles.